The molecular formula is C11H12OS. The normalized spacial score (nSPS) is 12.0. The van der Waals surface area contributed by atoms with E-state index in [9.17, 15) is 4.79 Å². The van der Waals surface area contributed by atoms with Gasteiger partial charge in [-0.15, -0.1) is 0 Å². The fourth-order valence-corrected chi connectivity index (χ4v) is 1.47. The third kappa shape index (κ3) is 3.47. The molecule has 0 aliphatic carbocycles. The molecule has 0 heterocycles. The van der Waals surface area contributed by atoms with Gasteiger partial charge in [-0.25, -0.2) is 0 Å². The SMILES string of the molecule is O=CC(CC=S)Cc1ccccc1. The molecule has 0 N–H and O–H groups in total. The van der Waals surface area contributed by atoms with Crippen LogP contribution in [0, 0.1) is 5.92 Å². The van der Waals surface area contributed by atoms with Gasteiger partial charge in [0.2, 0.25) is 0 Å². The largest absolute Gasteiger partial charge is 0.303 e. The molecule has 1 atom stereocenters. The summed E-state index contributed by atoms with van der Waals surface area (Å²) in [6.07, 6.45) is 2.46. The zero-order valence-corrected chi connectivity index (χ0v) is 8.17. The van der Waals surface area contributed by atoms with Gasteiger partial charge in [-0.1, -0.05) is 42.5 Å². The van der Waals surface area contributed by atoms with E-state index in [1.54, 1.807) is 5.37 Å². The average Bonchev–Trinajstić information content (AvgIpc) is 2.19. The van der Waals surface area contributed by atoms with Crippen molar-refractivity contribution in [1.82, 2.24) is 0 Å². The first-order valence-electron chi connectivity index (χ1n) is 4.29. The molecule has 1 aromatic rings. The number of rotatable bonds is 5. The van der Waals surface area contributed by atoms with Crippen molar-refractivity contribution in [3.63, 3.8) is 0 Å². The average molecular weight is 192 g/mol. The van der Waals surface area contributed by atoms with Crippen LogP contribution in [0.5, 0.6) is 0 Å². The Bertz CT molecular complexity index is 269. The van der Waals surface area contributed by atoms with Gasteiger partial charge < -0.3 is 4.79 Å². The van der Waals surface area contributed by atoms with E-state index in [4.69, 9.17) is 12.2 Å². The molecule has 13 heavy (non-hydrogen) atoms. The van der Waals surface area contributed by atoms with E-state index < -0.39 is 0 Å². The zero-order chi connectivity index (χ0) is 9.52. The Morgan fingerprint density at radius 2 is 2.00 bits per heavy atom. The van der Waals surface area contributed by atoms with Gasteiger partial charge >= 0.3 is 0 Å². The van der Waals surface area contributed by atoms with Crippen molar-refractivity contribution >= 4 is 23.9 Å². The second-order valence-electron chi connectivity index (χ2n) is 2.99. The third-order valence-corrected chi connectivity index (χ3v) is 2.12. The number of hydrogen-bond donors (Lipinski definition) is 0. The van der Waals surface area contributed by atoms with Crippen LogP contribution in [0.4, 0.5) is 0 Å². The summed E-state index contributed by atoms with van der Waals surface area (Å²) in [4.78, 5) is 10.6. The van der Waals surface area contributed by atoms with Gasteiger partial charge in [0.1, 0.15) is 6.29 Å². The maximum Gasteiger partial charge on any atom is 0.123 e. The van der Waals surface area contributed by atoms with Gasteiger partial charge in [0.25, 0.3) is 0 Å². The molecule has 1 unspecified atom stereocenters. The summed E-state index contributed by atoms with van der Waals surface area (Å²) in [7, 11) is 0. The fraction of sp³-hybridized carbons (Fsp3) is 0.273. The maximum atomic E-state index is 10.6. The molecule has 0 radical (unpaired) electrons. The number of thiocarbonyl (C=S) groups is 1. The molecule has 0 spiro atoms. The van der Waals surface area contributed by atoms with Crippen LogP contribution in [-0.2, 0) is 11.2 Å². The van der Waals surface area contributed by atoms with Crippen molar-refractivity contribution in [3.8, 4) is 0 Å². The van der Waals surface area contributed by atoms with Crippen molar-refractivity contribution in [2.45, 2.75) is 12.8 Å². The molecule has 0 saturated heterocycles. The Balaban J connectivity index is 2.56. The van der Waals surface area contributed by atoms with Crippen LogP contribution in [0.25, 0.3) is 0 Å². The van der Waals surface area contributed by atoms with Crippen LogP contribution in [0.1, 0.15) is 12.0 Å². The Kier molecular flexibility index (Phi) is 4.33. The smallest absolute Gasteiger partial charge is 0.123 e. The van der Waals surface area contributed by atoms with Crippen molar-refractivity contribution in [2.24, 2.45) is 5.92 Å². The lowest BCUT2D eigenvalue weighted by Crippen LogP contribution is -2.05. The van der Waals surface area contributed by atoms with Crippen LogP contribution in [0.2, 0.25) is 0 Å². The molecule has 0 aliphatic rings. The highest BCUT2D eigenvalue weighted by atomic mass is 32.1. The Morgan fingerprint density at radius 1 is 1.31 bits per heavy atom. The quantitative estimate of drug-likeness (QED) is 0.526. The van der Waals surface area contributed by atoms with Gasteiger partial charge in [0.05, 0.1) is 0 Å². The first-order valence-corrected chi connectivity index (χ1v) is 4.77. The van der Waals surface area contributed by atoms with E-state index in [0.29, 0.717) is 6.42 Å². The number of benzene rings is 1. The highest BCUT2D eigenvalue weighted by Gasteiger charge is 2.05. The van der Waals surface area contributed by atoms with Gasteiger partial charge in [0.15, 0.2) is 0 Å². The fourth-order valence-electron chi connectivity index (χ4n) is 1.23. The summed E-state index contributed by atoms with van der Waals surface area (Å²) in [5.41, 5.74) is 1.19. The molecule has 0 aromatic heterocycles. The molecular weight excluding hydrogens is 180 g/mol. The molecule has 0 saturated carbocycles. The van der Waals surface area contributed by atoms with Crippen molar-refractivity contribution in [3.05, 3.63) is 35.9 Å². The predicted molar refractivity (Wildman–Crippen MR) is 58.0 cm³/mol. The maximum absolute atomic E-state index is 10.6. The standard InChI is InChI=1S/C11H12OS/c12-9-11(6-7-13)8-10-4-2-1-3-5-10/h1-5,7,9,11H,6,8H2. The minimum atomic E-state index is 0.0416. The van der Waals surface area contributed by atoms with Crippen LogP contribution in [0.3, 0.4) is 0 Å². The van der Waals surface area contributed by atoms with Crippen LogP contribution < -0.4 is 0 Å². The van der Waals surface area contributed by atoms with Gasteiger partial charge in [-0.3, -0.25) is 0 Å². The Labute approximate surface area is 83.8 Å². The molecule has 1 nitrogen and oxygen atoms in total. The minimum absolute atomic E-state index is 0.0416. The molecule has 0 amide bonds. The van der Waals surface area contributed by atoms with E-state index in [-0.39, 0.29) is 5.92 Å². The summed E-state index contributed by atoms with van der Waals surface area (Å²) >= 11 is 4.73. The van der Waals surface area contributed by atoms with Crippen molar-refractivity contribution in [2.75, 3.05) is 0 Å². The van der Waals surface area contributed by atoms with Crippen LogP contribution >= 0.6 is 12.2 Å². The molecule has 2 heteroatoms. The minimum Gasteiger partial charge on any atom is -0.303 e. The van der Waals surface area contributed by atoms with E-state index in [1.165, 1.54) is 5.56 Å². The molecule has 0 aliphatic heterocycles. The summed E-state index contributed by atoms with van der Waals surface area (Å²) in [5, 5.41) is 1.63. The van der Waals surface area contributed by atoms with E-state index in [0.717, 1.165) is 12.7 Å². The number of aldehydes is 1. The molecule has 1 rings (SSSR count). The van der Waals surface area contributed by atoms with Gasteiger partial charge in [-0.2, -0.15) is 0 Å². The van der Waals surface area contributed by atoms with Crippen LogP contribution in [0.15, 0.2) is 30.3 Å². The predicted octanol–water partition coefficient (Wildman–Crippen LogP) is 2.43. The summed E-state index contributed by atoms with van der Waals surface area (Å²) < 4.78 is 0. The molecule has 68 valence electrons. The second-order valence-corrected chi connectivity index (χ2v) is 3.32. The monoisotopic (exact) mass is 192 g/mol. The molecule has 1 aromatic carbocycles. The Morgan fingerprint density at radius 3 is 2.54 bits per heavy atom. The number of hydrogen-bond acceptors (Lipinski definition) is 2. The summed E-state index contributed by atoms with van der Waals surface area (Å²) in [6.45, 7) is 0. The summed E-state index contributed by atoms with van der Waals surface area (Å²) in [5.74, 6) is 0.0416. The van der Waals surface area contributed by atoms with E-state index in [1.807, 2.05) is 30.3 Å². The third-order valence-electron chi connectivity index (χ3n) is 1.93. The lowest BCUT2D eigenvalue weighted by Gasteiger charge is -2.05. The van der Waals surface area contributed by atoms with Crippen molar-refractivity contribution in [1.29, 1.82) is 0 Å². The van der Waals surface area contributed by atoms with Crippen LogP contribution in [-0.4, -0.2) is 11.7 Å². The summed E-state index contributed by atoms with van der Waals surface area (Å²) in [6, 6.07) is 9.99. The van der Waals surface area contributed by atoms with E-state index in [2.05, 4.69) is 0 Å². The first kappa shape index (κ1) is 10.1. The lowest BCUT2D eigenvalue weighted by atomic mass is 9.99. The zero-order valence-electron chi connectivity index (χ0n) is 7.35. The highest BCUT2D eigenvalue weighted by molar-refractivity contribution is 7.78. The first-order chi connectivity index (χ1) is 6.36. The second kappa shape index (κ2) is 5.60. The lowest BCUT2D eigenvalue weighted by molar-refractivity contribution is -0.110. The topological polar surface area (TPSA) is 17.1 Å². The highest BCUT2D eigenvalue weighted by Crippen LogP contribution is 2.08. The van der Waals surface area contributed by atoms with Crippen molar-refractivity contribution < 1.29 is 4.79 Å². The Hall–Kier alpha value is -1.02. The molecule has 0 fully saturated rings. The number of carbonyl (C=O) groups excluding carboxylic acids is 1. The number of carbonyl (C=O) groups is 1. The van der Waals surface area contributed by atoms with E-state index >= 15 is 0 Å². The molecule has 0 bridgehead atoms. The van der Waals surface area contributed by atoms with Gasteiger partial charge in [0, 0.05) is 5.92 Å². The van der Waals surface area contributed by atoms with Gasteiger partial charge in [-0.05, 0) is 23.8 Å².